The molecule has 0 atom stereocenters. The predicted molar refractivity (Wildman–Crippen MR) is 50.1 cm³/mol. The minimum atomic E-state index is -0.511. The lowest BCUT2D eigenvalue weighted by Gasteiger charge is -2.15. The van der Waals surface area contributed by atoms with E-state index in [0.717, 1.165) is 0 Å². The molecule has 0 saturated heterocycles. The fourth-order valence-corrected chi connectivity index (χ4v) is 1.23. The summed E-state index contributed by atoms with van der Waals surface area (Å²) in [5.74, 6) is -0.273. The molecule has 72 valence electrons. The van der Waals surface area contributed by atoms with E-state index in [0.29, 0.717) is 25.3 Å². The molecule has 0 fully saturated rings. The Morgan fingerprint density at radius 1 is 1.85 bits per heavy atom. The van der Waals surface area contributed by atoms with Crippen molar-refractivity contribution in [1.29, 1.82) is 0 Å². The summed E-state index contributed by atoms with van der Waals surface area (Å²) in [6.07, 6.45) is 1.80. The molecule has 0 spiro atoms. The van der Waals surface area contributed by atoms with Crippen molar-refractivity contribution in [2.75, 3.05) is 19.7 Å². The number of carbonyl (C=O) groups excluding carboxylic acids is 1. The summed E-state index contributed by atoms with van der Waals surface area (Å²) in [6, 6.07) is 0. The van der Waals surface area contributed by atoms with Crippen molar-refractivity contribution in [1.82, 2.24) is 4.81 Å². The summed E-state index contributed by atoms with van der Waals surface area (Å²) in [7, 11) is -0.511. The first-order valence-corrected chi connectivity index (χ1v) is 4.43. The van der Waals surface area contributed by atoms with Crippen molar-refractivity contribution in [3.05, 3.63) is 11.6 Å². The van der Waals surface area contributed by atoms with E-state index < -0.39 is 7.05 Å². The van der Waals surface area contributed by atoms with E-state index in [9.17, 15) is 9.82 Å². The van der Waals surface area contributed by atoms with Gasteiger partial charge in [0.2, 0.25) is 0 Å². The Balaban J connectivity index is 2.44. The van der Waals surface area contributed by atoms with E-state index in [4.69, 9.17) is 4.74 Å². The number of rotatable bonds is 3. The van der Waals surface area contributed by atoms with Gasteiger partial charge in [0.05, 0.1) is 6.61 Å². The molecule has 5 heteroatoms. The summed E-state index contributed by atoms with van der Waals surface area (Å²) in [5, 5.41) is 9.22. The van der Waals surface area contributed by atoms with Gasteiger partial charge in [0.15, 0.2) is 0 Å². The molecule has 1 rings (SSSR count). The molecule has 13 heavy (non-hydrogen) atoms. The number of hydrogen-bond donors (Lipinski definition) is 1. The molecule has 0 saturated carbocycles. The fraction of sp³-hybridized carbons (Fsp3) is 0.625. The van der Waals surface area contributed by atoms with Gasteiger partial charge in [0.1, 0.15) is 0 Å². The van der Waals surface area contributed by atoms with Gasteiger partial charge in [-0.15, -0.1) is 0 Å². The number of nitrogens with zero attached hydrogens (tertiary/aromatic N) is 1. The van der Waals surface area contributed by atoms with Crippen molar-refractivity contribution in [2.45, 2.75) is 13.7 Å². The minimum absolute atomic E-state index is 0.273. The van der Waals surface area contributed by atoms with Crippen LogP contribution >= 0.6 is 0 Å². The van der Waals surface area contributed by atoms with Crippen LogP contribution in [0.3, 0.4) is 0 Å². The lowest BCUT2D eigenvalue weighted by molar-refractivity contribution is -0.138. The van der Waals surface area contributed by atoms with Crippen LogP contribution in [0.4, 0.5) is 0 Å². The second-order valence-electron chi connectivity index (χ2n) is 3.01. The zero-order valence-corrected chi connectivity index (χ0v) is 7.99. The van der Waals surface area contributed by atoms with Crippen LogP contribution in [0.1, 0.15) is 6.92 Å². The van der Waals surface area contributed by atoms with Gasteiger partial charge in [-0.05, 0) is 13.7 Å². The van der Waals surface area contributed by atoms with Gasteiger partial charge in [0.25, 0.3) is 0 Å². The van der Waals surface area contributed by atoms with Crippen LogP contribution in [0.2, 0.25) is 6.82 Å². The standard InChI is InChI=1S/C8H14BNO3/c1-3-13-8(11)7-4-5-10(6-7)9(2)12/h4,12H,3,5-6H2,1-2H3. The van der Waals surface area contributed by atoms with Crippen LogP contribution in [0.25, 0.3) is 0 Å². The van der Waals surface area contributed by atoms with Crippen molar-refractivity contribution < 1.29 is 14.6 Å². The summed E-state index contributed by atoms with van der Waals surface area (Å²) >= 11 is 0. The van der Waals surface area contributed by atoms with E-state index in [2.05, 4.69) is 0 Å². The quantitative estimate of drug-likeness (QED) is 0.490. The zero-order valence-electron chi connectivity index (χ0n) is 7.99. The average Bonchev–Trinajstić information content (AvgIpc) is 2.52. The molecule has 0 aromatic heterocycles. The third-order valence-electron chi connectivity index (χ3n) is 2.01. The molecule has 0 aromatic carbocycles. The zero-order chi connectivity index (χ0) is 9.84. The van der Waals surface area contributed by atoms with Gasteiger partial charge in [0, 0.05) is 18.7 Å². The van der Waals surface area contributed by atoms with Gasteiger partial charge < -0.3 is 14.6 Å². The van der Waals surface area contributed by atoms with E-state index in [-0.39, 0.29) is 5.97 Å². The van der Waals surface area contributed by atoms with Gasteiger partial charge in [-0.25, -0.2) is 4.79 Å². The van der Waals surface area contributed by atoms with Crippen LogP contribution in [-0.2, 0) is 9.53 Å². The van der Waals surface area contributed by atoms with E-state index in [1.165, 1.54) is 0 Å². The predicted octanol–water partition coefficient (Wildman–Crippen LogP) is -0.0982. The molecule has 0 aromatic rings. The van der Waals surface area contributed by atoms with Gasteiger partial charge in [-0.3, -0.25) is 0 Å². The lowest BCUT2D eigenvalue weighted by atomic mass is 9.85. The Morgan fingerprint density at radius 2 is 2.54 bits per heavy atom. The number of hydrogen-bond acceptors (Lipinski definition) is 4. The average molecular weight is 183 g/mol. The normalized spacial score (nSPS) is 17.0. The van der Waals surface area contributed by atoms with Crippen molar-refractivity contribution >= 4 is 13.0 Å². The van der Waals surface area contributed by atoms with Crippen molar-refractivity contribution in [3.63, 3.8) is 0 Å². The smallest absolute Gasteiger partial charge is 0.376 e. The molecule has 1 N–H and O–H groups in total. The van der Waals surface area contributed by atoms with Gasteiger partial charge in [-0.2, -0.15) is 0 Å². The van der Waals surface area contributed by atoms with E-state index in [1.54, 1.807) is 24.6 Å². The molecule has 0 radical (unpaired) electrons. The molecular weight excluding hydrogens is 169 g/mol. The molecule has 0 bridgehead atoms. The Kier molecular flexibility index (Phi) is 3.51. The molecule has 1 aliphatic rings. The minimum Gasteiger partial charge on any atom is -0.463 e. The van der Waals surface area contributed by atoms with Crippen LogP contribution in [0, 0.1) is 0 Å². The van der Waals surface area contributed by atoms with E-state index >= 15 is 0 Å². The molecule has 0 amide bonds. The maximum atomic E-state index is 11.2. The number of carbonyl (C=O) groups is 1. The highest BCUT2D eigenvalue weighted by Crippen LogP contribution is 2.11. The highest BCUT2D eigenvalue weighted by Gasteiger charge is 2.25. The summed E-state index contributed by atoms with van der Waals surface area (Å²) in [6.45, 7) is 4.95. The highest BCUT2D eigenvalue weighted by atomic mass is 16.5. The van der Waals surface area contributed by atoms with Crippen LogP contribution in [-0.4, -0.2) is 42.6 Å². The van der Waals surface area contributed by atoms with Crippen LogP contribution in [0.15, 0.2) is 11.6 Å². The fourth-order valence-electron chi connectivity index (χ4n) is 1.23. The van der Waals surface area contributed by atoms with Crippen LogP contribution < -0.4 is 0 Å². The van der Waals surface area contributed by atoms with E-state index in [1.807, 2.05) is 0 Å². The first-order chi connectivity index (χ1) is 6.15. The van der Waals surface area contributed by atoms with Crippen molar-refractivity contribution in [3.8, 4) is 0 Å². The summed E-state index contributed by atoms with van der Waals surface area (Å²) in [4.78, 5) is 13.0. The number of ether oxygens (including phenoxy) is 1. The number of esters is 1. The summed E-state index contributed by atoms with van der Waals surface area (Å²) in [5.41, 5.74) is 0.641. The SMILES string of the molecule is CCOC(=O)C1=CCN(B(C)O)C1. The Labute approximate surface area is 78.3 Å². The third-order valence-corrected chi connectivity index (χ3v) is 2.01. The Bertz CT molecular complexity index is 227. The first-order valence-electron chi connectivity index (χ1n) is 4.43. The molecule has 1 heterocycles. The second-order valence-corrected chi connectivity index (χ2v) is 3.01. The van der Waals surface area contributed by atoms with Gasteiger partial charge in [-0.1, -0.05) is 6.08 Å². The second kappa shape index (κ2) is 4.44. The van der Waals surface area contributed by atoms with Crippen molar-refractivity contribution in [2.24, 2.45) is 0 Å². The Hall–Kier alpha value is -0.805. The third kappa shape index (κ3) is 2.57. The maximum absolute atomic E-state index is 11.2. The molecule has 4 nitrogen and oxygen atoms in total. The highest BCUT2D eigenvalue weighted by molar-refractivity contribution is 6.45. The topological polar surface area (TPSA) is 49.8 Å². The largest absolute Gasteiger partial charge is 0.463 e. The monoisotopic (exact) mass is 183 g/mol. The molecule has 1 aliphatic heterocycles. The van der Waals surface area contributed by atoms with Crippen LogP contribution in [0.5, 0.6) is 0 Å². The first kappa shape index (κ1) is 10.3. The maximum Gasteiger partial charge on any atom is 0.376 e. The summed E-state index contributed by atoms with van der Waals surface area (Å²) < 4.78 is 4.84. The Morgan fingerprint density at radius 3 is 3.00 bits per heavy atom. The molecular formula is C8H14BNO3. The molecule has 0 aliphatic carbocycles. The molecule has 0 unspecified atom stereocenters. The lowest BCUT2D eigenvalue weighted by Crippen LogP contribution is -2.35. The van der Waals surface area contributed by atoms with Gasteiger partial charge >= 0.3 is 13.0 Å².